The minimum Gasteiger partial charge on any atom is -0.390 e. The summed E-state index contributed by atoms with van der Waals surface area (Å²) in [5.74, 6) is 0.754. The van der Waals surface area contributed by atoms with Crippen LogP contribution in [0.5, 0.6) is 0 Å². The lowest BCUT2D eigenvalue weighted by Gasteiger charge is -2.28. The Labute approximate surface area is 99.4 Å². The first-order chi connectivity index (χ1) is 7.59. The van der Waals surface area contributed by atoms with Crippen LogP contribution in [0.2, 0.25) is 0 Å². The molecule has 2 nitrogen and oxygen atoms in total. The number of hydrogen-bond acceptors (Lipinski definition) is 2. The highest BCUT2D eigenvalue weighted by atomic mass is 16.5. The maximum Gasteiger partial charge on any atom is 0.0852 e. The highest BCUT2D eigenvalue weighted by molar-refractivity contribution is 4.92. The molecule has 94 valence electrons. The van der Waals surface area contributed by atoms with E-state index in [-0.39, 0.29) is 17.6 Å². The summed E-state index contributed by atoms with van der Waals surface area (Å²) >= 11 is 0. The van der Waals surface area contributed by atoms with Crippen LogP contribution in [0.3, 0.4) is 0 Å². The average molecular weight is 226 g/mol. The maximum atomic E-state index is 10.1. The molecule has 2 atom stereocenters. The van der Waals surface area contributed by atoms with E-state index in [0.717, 1.165) is 25.4 Å². The summed E-state index contributed by atoms with van der Waals surface area (Å²) in [4.78, 5) is 0. The van der Waals surface area contributed by atoms with Crippen molar-refractivity contribution in [3.05, 3.63) is 0 Å². The van der Waals surface area contributed by atoms with Gasteiger partial charge in [-0.25, -0.2) is 0 Å². The van der Waals surface area contributed by atoms with Crippen molar-refractivity contribution in [1.29, 1.82) is 0 Å². The van der Waals surface area contributed by atoms with Crippen LogP contribution in [0.15, 0.2) is 0 Å². The van der Waals surface area contributed by atoms with Crippen LogP contribution in [0.25, 0.3) is 0 Å². The van der Waals surface area contributed by atoms with Gasteiger partial charge >= 0.3 is 0 Å². The summed E-state index contributed by atoms with van der Waals surface area (Å²) < 4.78 is 5.94. The van der Waals surface area contributed by atoms with Gasteiger partial charge in [-0.1, -0.05) is 33.1 Å². The normalized spacial score (nSPS) is 35.4. The fourth-order valence-corrected chi connectivity index (χ4v) is 3.11. The molecule has 0 aromatic carbocycles. The number of hydrogen-bond donors (Lipinski definition) is 1. The molecule has 0 aromatic heterocycles. The van der Waals surface area contributed by atoms with E-state index in [0.29, 0.717) is 0 Å². The van der Waals surface area contributed by atoms with Crippen molar-refractivity contribution in [2.75, 3.05) is 6.61 Å². The minimum atomic E-state index is -0.268. The number of ether oxygens (including phenoxy) is 1. The van der Waals surface area contributed by atoms with Gasteiger partial charge in [0.05, 0.1) is 12.2 Å². The summed E-state index contributed by atoms with van der Waals surface area (Å²) in [6.07, 6.45) is 8.73. The topological polar surface area (TPSA) is 29.5 Å². The van der Waals surface area contributed by atoms with Crippen molar-refractivity contribution < 1.29 is 9.84 Å². The average Bonchev–Trinajstić information content (AvgIpc) is 2.54. The Balaban J connectivity index is 1.74. The first-order valence-electron chi connectivity index (χ1n) is 6.89. The molecule has 1 N–H and O–H groups in total. The molecule has 2 aliphatic rings. The van der Waals surface area contributed by atoms with Crippen molar-refractivity contribution >= 4 is 0 Å². The third-order valence-corrected chi connectivity index (χ3v) is 4.50. The van der Waals surface area contributed by atoms with Crippen LogP contribution < -0.4 is 0 Å². The second-order valence-electron chi connectivity index (χ2n) is 6.35. The van der Waals surface area contributed by atoms with Gasteiger partial charge in [-0.15, -0.1) is 0 Å². The molecule has 0 aliphatic heterocycles. The third-order valence-electron chi connectivity index (χ3n) is 4.50. The monoisotopic (exact) mass is 226 g/mol. The molecule has 0 bridgehead atoms. The summed E-state index contributed by atoms with van der Waals surface area (Å²) in [7, 11) is 0. The van der Waals surface area contributed by atoms with Gasteiger partial charge in [0.1, 0.15) is 0 Å². The van der Waals surface area contributed by atoms with Crippen LogP contribution in [-0.4, -0.2) is 23.9 Å². The molecule has 0 amide bonds. The Morgan fingerprint density at radius 1 is 1.12 bits per heavy atom. The number of aliphatic hydroxyl groups is 1. The predicted molar refractivity (Wildman–Crippen MR) is 65.3 cm³/mol. The summed E-state index contributed by atoms with van der Waals surface area (Å²) in [6.45, 7) is 5.15. The van der Waals surface area contributed by atoms with E-state index in [1.54, 1.807) is 0 Å². The number of aliphatic hydroxyl groups excluding tert-OH is 1. The molecule has 2 aliphatic carbocycles. The van der Waals surface area contributed by atoms with Crippen LogP contribution in [0.1, 0.15) is 58.8 Å². The Kier molecular flexibility index (Phi) is 3.91. The van der Waals surface area contributed by atoms with Gasteiger partial charge in [-0.05, 0) is 37.0 Å². The molecular weight excluding hydrogens is 200 g/mol. The smallest absolute Gasteiger partial charge is 0.0852 e. The van der Waals surface area contributed by atoms with Gasteiger partial charge in [0.2, 0.25) is 0 Å². The quantitative estimate of drug-likeness (QED) is 0.801. The van der Waals surface area contributed by atoms with Crippen molar-refractivity contribution in [1.82, 2.24) is 0 Å². The van der Waals surface area contributed by atoms with E-state index < -0.39 is 0 Å². The molecule has 2 fully saturated rings. The van der Waals surface area contributed by atoms with Crippen molar-refractivity contribution in [3.63, 3.8) is 0 Å². The SMILES string of the molecule is CC1(C)CCC(OCC2CCCCC2)C1O. The summed E-state index contributed by atoms with van der Waals surface area (Å²) in [6, 6.07) is 0. The van der Waals surface area contributed by atoms with Crippen molar-refractivity contribution in [2.24, 2.45) is 11.3 Å². The molecule has 16 heavy (non-hydrogen) atoms. The maximum absolute atomic E-state index is 10.1. The van der Waals surface area contributed by atoms with Gasteiger partial charge in [0, 0.05) is 6.61 Å². The van der Waals surface area contributed by atoms with Crippen LogP contribution in [0, 0.1) is 11.3 Å². The van der Waals surface area contributed by atoms with E-state index in [1.165, 1.54) is 32.1 Å². The van der Waals surface area contributed by atoms with Gasteiger partial charge in [0.25, 0.3) is 0 Å². The van der Waals surface area contributed by atoms with Crippen molar-refractivity contribution in [2.45, 2.75) is 71.0 Å². The lowest BCUT2D eigenvalue weighted by Crippen LogP contribution is -2.34. The zero-order valence-electron chi connectivity index (χ0n) is 10.7. The third kappa shape index (κ3) is 2.78. The predicted octanol–water partition coefficient (Wildman–Crippen LogP) is 3.13. The second kappa shape index (κ2) is 5.05. The summed E-state index contributed by atoms with van der Waals surface area (Å²) in [5, 5.41) is 10.1. The Morgan fingerprint density at radius 3 is 2.38 bits per heavy atom. The largest absolute Gasteiger partial charge is 0.390 e. The first kappa shape index (κ1) is 12.4. The molecule has 2 unspecified atom stereocenters. The molecule has 2 saturated carbocycles. The molecule has 2 rings (SSSR count). The van der Waals surface area contributed by atoms with Gasteiger partial charge in [0.15, 0.2) is 0 Å². The van der Waals surface area contributed by atoms with Crippen LogP contribution >= 0.6 is 0 Å². The molecule has 0 radical (unpaired) electrons. The molecule has 0 saturated heterocycles. The lowest BCUT2D eigenvalue weighted by atomic mass is 9.89. The van der Waals surface area contributed by atoms with Gasteiger partial charge in [-0.3, -0.25) is 0 Å². The van der Waals surface area contributed by atoms with E-state index in [1.807, 2.05) is 0 Å². The van der Waals surface area contributed by atoms with E-state index in [9.17, 15) is 5.11 Å². The van der Waals surface area contributed by atoms with Crippen molar-refractivity contribution in [3.8, 4) is 0 Å². The van der Waals surface area contributed by atoms with Gasteiger partial charge < -0.3 is 9.84 Å². The lowest BCUT2D eigenvalue weighted by molar-refractivity contribution is -0.0622. The fourth-order valence-electron chi connectivity index (χ4n) is 3.11. The number of rotatable bonds is 3. The second-order valence-corrected chi connectivity index (χ2v) is 6.35. The highest BCUT2D eigenvalue weighted by Gasteiger charge is 2.41. The zero-order valence-corrected chi connectivity index (χ0v) is 10.7. The molecule has 0 aromatic rings. The summed E-state index contributed by atoms with van der Waals surface area (Å²) in [5.41, 5.74) is 0.0528. The van der Waals surface area contributed by atoms with Crippen LogP contribution in [-0.2, 0) is 4.74 Å². The first-order valence-corrected chi connectivity index (χ1v) is 6.89. The van der Waals surface area contributed by atoms with E-state index in [2.05, 4.69) is 13.8 Å². The Bertz CT molecular complexity index is 219. The standard InChI is InChI=1S/C14H26O2/c1-14(2)9-8-12(13(14)15)16-10-11-6-4-3-5-7-11/h11-13,15H,3-10H2,1-2H3. The molecule has 2 heteroatoms. The minimum absolute atomic E-state index is 0.0528. The Hall–Kier alpha value is -0.0800. The van der Waals surface area contributed by atoms with E-state index in [4.69, 9.17) is 4.74 Å². The van der Waals surface area contributed by atoms with Gasteiger partial charge in [-0.2, -0.15) is 0 Å². The zero-order chi connectivity index (χ0) is 11.6. The van der Waals surface area contributed by atoms with E-state index >= 15 is 0 Å². The molecular formula is C14H26O2. The molecule has 0 spiro atoms. The Morgan fingerprint density at radius 2 is 1.81 bits per heavy atom. The fraction of sp³-hybridized carbons (Fsp3) is 1.00. The van der Waals surface area contributed by atoms with Crippen LogP contribution in [0.4, 0.5) is 0 Å². The molecule has 0 heterocycles. The highest BCUT2D eigenvalue weighted by Crippen LogP contribution is 2.39.